The molecule has 0 spiro atoms. The maximum Gasteiger partial charge on any atom is 0.411 e. The number of aryl methyl sites for hydroxylation is 2. The van der Waals surface area contributed by atoms with E-state index in [1.54, 1.807) is 40.7 Å². The molecule has 1 amide bonds. The molecule has 0 bridgehead atoms. The van der Waals surface area contributed by atoms with E-state index in [0.717, 1.165) is 10.1 Å². The Hall–Kier alpha value is -4.15. The Morgan fingerprint density at radius 3 is 2.14 bits per heavy atom. The van der Waals surface area contributed by atoms with Gasteiger partial charge in [0, 0.05) is 30.8 Å². The molecule has 2 aliphatic rings. The van der Waals surface area contributed by atoms with Crippen LogP contribution >= 0.6 is 0 Å². The highest BCUT2D eigenvalue weighted by molar-refractivity contribution is 5.92. The second kappa shape index (κ2) is 13.2. The van der Waals surface area contributed by atoms with Gasteiger partial charge in [-0.3, -0.25) is 24.0 Å². The van der Waals surface area contributed by atoms with Gasteiger partial charge in [0.05, 0.1) is 17.4 Å². The zero-order chi connectivity index (χ0) is 33.3. The average molecular weight is 612 g/mol. The molecule has 3 aromatic rings. The zero-order valence-corrected chi connectivity index (χ0v) is 27.8. The summed E-state index contributed by atoms with van der Waals surface area (Å²) in [5.74, 6) is -0.637. The first-order valence-corrected chi connectivity index (χ1v) is 15.3. The summed E-state index contributed by atoms with van der Waals surface area (Å²) in [5, 5.41) is 6.22. The second-order valence-corrected chi connectivity index (χ2v) is 11.7. The molecule has 0 saturated heterocycles. The molecule has 2 heterocycles. The number of rotatable bonds is 5. The van der Waals surface area contributed by atoms with Gasteiger partial charge in [-0.2, -0.15) is 0 Å². The van der Waals surface area contributed by atoms with E-state index in [9.17, 15) is 19.2 Å². The molecule has 5 rings (SSSR count). The molecular weight excluding hydrogens is 565 g/mol. The van der Waals surface area contributed by atoms with Crippen molar-refractivity contribution in [1.29, 1.82) is 0 Å². The topological polar surface area (TPSA) is 116 Å². The number of carbonyl (C=O) groups is 1. The number of nitrogens with zero attached hydrogens (tertiary/aromatic N) is 3. The average Bonchev–Trinajstić information content (AvgIpc) is 3.80. The first kappa shape index (κ1) is 34.3. The smallest absolute Gasteiger partial charge is 0.411 e. The number of ether oxygens (including phenoxy) is 1. The number of alkyl carbamates (subject to hydrolysis) is 1. The third-order valence-electron chi connectivity index (χ3n) is 7.47. The van der Waals surface area contributed by atoms with E-state index in [-0.39, 0.29) is 28.8 Å². The lowest BCUT2D eigenvalue weighted by Crippen LogP contribution is -2.44. The lowest BCUT2D eigenvalue weighted by molar-refractivity contribution is 0.0540. The minimum absolute atomic E-state index is 0.0146. The number of benzene rings is 1. The van der Waals surface area contributed by atoms with Gasteiger partial charge in [-0.25, -0.2) is 18.5 Å². The second-order valence-electron chi connectivity index (χ2n) is 11.7. The Bertz CT molecular complexity index is 1790. The number of pyridine rings is 1. The van der Waals surface area contributed by atoms with Crippen molar-refractivity contribution in [3.63, 3.8) is 0 Å². The maximum atomic E-state index is 15.3. The lowest BCUT2D eigenvalue weighted by Gasteiger charge is -2.34. The molecule has 1 aromatic carbocycles. The minimum atomic E-state index is -0.684. The van der Waals surface area contributed by atoms with Gasteiger partial charge in [0.2, 0.25) is 0 Å². The Kier molecular flexibility index (Phi) is 10.3. The van der Waals surface area contributed by atoms with E-state index in [4.69, 9.17) is 4.74 Å². The van der Waals surface area contributed by atoms with Crippen molar-refractivity contribution in [2.75, 3.05) is 5.32 Å². The SMILES string of the molecule is CC.CC.CC1=C(NC(=O)OC(C)(C)C)CC1Nc1c(C)c(=O)n(C)c2c1c(=O)n(C1CC1)c(=O)n2-c1ccc(C)cc1F. The van der Waals surface area contributed by atoms with Crippen LogP contribution in [0.2, 0.25) is 0 Å². The molecule has 2 aliphatic carbocycles. The molecule has 0 radical (unpaired) electrons. The number of hydrogen-bond donors (Lipinski definition) is 2. The third-order valence-corrected chi connectivity index (χ3v) is 7.47. The summed E-state index contributed by atoms with van der Waals surface area (Å²) in [6.45, 7) is 18.5. The molecule has 11 heteroatoms. The molecule has 240 valence electrons. The van der Waals surface area contributed by atoms with E-state index in [1.807, 2.05) is 34.6 Å². The van der Waals surface area contributed by atoms with E-state index >= 15 is 4.39 Å². The van der Waals surface area contributed by atoms with Crippen molar-refractivity contribution in [2.45, 2.75) is 106 Å². The number of amides is 1. The van der Waals surface area contributed by atoms with Gasteiger partial charge in [0.15, 0.2) is 0 Å². The van der Waals surface area contributed by atoms with E-state index < -0.39 is 34.3 Å². The number of carbonyl (C=O) groups excluding carboxylic acids is 1. The molecule has 1 saturated carbocycles. The van der Waals surface area contributed by atoms with Gasteiger partial charge < -0.3 is 10.1 Å². The standard InChI is InChI=1S/C29H34FN5O5.2C2H6/c1-14-8-11-21(18(30)12-14)35-24-22(26(37)34(28(35)39)17-9-10-17)23(16(3)25(36)33(24)7)31-19-13-20(15(19)2)32-27(38)40-29(4,5)6;2*1-2/h8,11-12,17,19,31H,9-10,13H2,1-7H3,(H,32,38);2*1-2H3. The van der Waals surface area contributed by atoms with Gasteiger partial charge >= 0.3 is 11.8 Å². The Balaban J connectivity index is 0.00000127. The molecule has 2 N–H and O–H groups in total. The van der Waals surface area contributed by atoms with Crippen LogP contribution in [0.4, 0.5) is 14.9 Å². The van der Waals surface area contributed by atoms with Crippen LogP contribution < -0.4 is 27.4 Å². The quantitative estimate of drug-likeness (QED) is 0.367. The van der Waals surface area contributed by atoms with Gasteiger partial charge in [-0.1, -0.05) is 33.8 Å². The molecule has 10 nitrogen and oxygen atoms in total. The summed E-state index contributed by atoms with van der Waals surface area (Å²) < 4.78 is 24.2. The fraction of sp³-hybridized carbons (Fsp3) is 0.515. The van der Waals surface area contributed by atoms with Crippen LogP contribution in [0.5, 0.6) is 0 Å². The number of aromatic nitrogens is 3. The van der Waals surface area contributed by atoms with Crippen LogP contribution in [0, 0.1) is 19.7 Å². The summed E-state index contributed by atoms with van der Waals surface area (Å²) in [6, 6.07) is 3.90. The highest BCUT2D eigenvalue weighted by Gasteiger charge is 2.34. The molecular formula is C33H46FN5O5. The molecule has 0 aliphatic heterocycles. The van der Waals surface area contributed by atoms with Crippen molar-refractivity contribution in [1.82, 2.24) is 19.0 Å². The van der Waals surface area contributed by atoms with E-state index in [0.29, 0.717) is 41.8 Å². The number of hydrogen-bond acceptors (Lipinski definition) is 6. The van der Waals surface area contributed by atoms with Crippen LogP contribution in [0.15, 0.2) is 43.9 Å². The zero-order valence-electron chi connectivity index (χ0n) is 27.8. The summed E-state index contributed by atoms with van der Waals surface area (Å²) >= 11 is 0. The third kappa shape index (κ3) is 6.51. The highest BCUT2D eigenvalue weighted by atomic mass is 19.1. The first-order valence-electron chi connectivity index (χ1n) is 15.3. The van der Waals surface area contributed by atoms with E-state index in [1.165, 1.54) is 28.3 Å². The molecule has 1 fully saturated rings. The van der Waals surface area contributed by atoms with Crippen molar-refractivity contribution in [3.05, 3.63) is 77.6 Å². The van der Waals surface area contributed by atoms with Gasteiger partial charge in [-0.15, -0.1) is 0 Å². The summed E-state index contributed by atoms with van der Waals surface area (Å²) in [7, 11) is 1.47. The van der Waals surface area contributed by atoms with Gasteiger partial charge in [-0.05, 0) is 77.7 Å². The number of halogens is 1. The fourth-order valence-corrected chi connectivity index (χ4v) is 5.14. The molecule has 1 unspecified atom stereocenters. The normalized spacial score (nSPS) is 15.9. The predicted octanol–water partition coefficient (Wildman–Crippen LogP) is 5.98. The van der Waals surface area contributed by atoms with Crippen LogP contribution in [-0.4, -0.2) is 31.4 Å². The molecule has 44 heavy (non-hydrogen) atoms. The van der Waals surface area contributed by atoms with Crippen LogP contribution in [0.1, 0.15) is 91.8 Å². The van der Waals surface area contributed by atoms with Gasteiger partial charge in [0.1, 0.15) is 22.5 Å². The van der Waals surface area contributed by atoms with Crippen LogP contribution in [0.25, 0.3) is 16.7 Å². The van der Waals surface area contributed by atoms with Crippen molar-refractivity contribution >= 4 is 22.8 Å². The Morgan fingerprint density at radius 2 is 1.61 bits per heavy atom. The van der Waals surface area contributed by atoms with E-state index in [2.05, 4.69) is 10.6 Å². The van der Waals surface area contributed by atoms with Crippen LogP contribution in [-0.2, 0) is 11.8 Å². The maximum absolute atomic E-state index is 15.3. The van der Waals surface area contributed by atoms with Crippen LogP contribution in [0.3, 0.4) is 0 Å². The number of anilines is 1. The fourth-order valence-electron chi connectivity index (χ4n) is 5.14. The molecule has 2 aromatic heterocycles. The summed E-state index contributed by atoms with van der Waals surface area (Å²) in [5.41, 5.74) is 0.460. The predicted molar refractivity (Wildman–Crippen MR) is 174 cm³/mol. The Labute approximate surface area is 257 Å². The number of nitrogens with one attached hydrogen (secondary N) is 2. The van der Waals surface area contributed by atoms with Gasteiger partial charge in [0.25, 0.3) is 11.1 Å². The van der Waals surface area contributed by atoms with Crippen molar-refractivity contribution in [3.8, 4) is 5.69 Å². The highest BCUT2D eigenvalue weighted by Crippen LogP contribution is 2.35. The first-order chi connectivity index (χ1) is 20.7. The summed E-state index contributed by atoms with van der Waals surface area (Å²) in [4.78, 5) is 53.3. The van der Waals surface area contributed by atoms with Crippen molar-refractivity contribution < 1.29 is 13.9 Å². The lowest BCUT2D eigenvalue weighted by atomic mass is 9.88. The largest absolute Gasteiger partial charge is 0.444 e. The number of fused-ring (bicyclic) bond motifs is 1. The Morgan fingerprint density at radius 1 is 1.00 bits per heavy atom. The summed E-state index contributed by atoms with van der Waals surface area (Å²) in [6.07, 6.45) is 1.18. The molecule has 1 atom stereocenters. The van der Waals surface area contributed by atoms with Crippen molar-refractivity contribution in [2.24, 2.45) is 7.05 Å². The minimum Gasteiger partial charge on any atom is -0.444 e. The monoisotopic (exact) mass is 611 g/mol.